The van der Waals surface area contributed by atoms with Gasteiger partial charge in [0.05, 0.1) is 19.3 Å². The molecule has 0 radical (unpaired) electrons. The van der Waals surface area contributed by atoms with Crippen LogP contribution in [0.15, 0.2) is 0 Å². The lowest BCUT2D eigenvalue weighted by Gasteiger charge is -2.48. The molecule has 0 aromatic carbocycles. The Labute approximate surface area is 916 Å². The molecule has 0 spiro atoms. The van der Waals surface area contributed by atoms with Crippen molar-refractivity contribution in [2.75, 3.05) is 245 Å². The second-order valence-electron chi connectivity index (χ2n) is 61.9. The number of nitriles is 1. The van der Waals surface area contributed by atoms with Crippen LogP contribution in [0.1, 0.15) is 463 Å². The third-order valence-corrected chi connectivity index (χ3v) is 41.3. The van der Waals surface area contributed by atoms with Crippen LogP contribution in [0.4, 0.5) is 0 Å². The molecule has 0 aromatic rings. The smallest absolute Gasteiger partial charge is 0.0635 e. The fraction of sp³-hybridized carbons (Fsp3) is 0.992. The molecule has 4 saturated carbocycles. The van der Waals surface area contributed by atoms with Gasteiger partial charge in [-0.1, -0.05) is 264 Å². The second-order valence-corrected chi connectivity index (χ2v) is 61.9. The van der Waals surface area contributed by atoms with E-state index in [4.69, 9.17) is 19.5 Å². The van der Waals surface area contributed by atoms with Crippen LogP contribution in [0.2, 0.25) is 0 Å². The van der Waals surface area contributed by atoms with E-state index in [2.05, 4.69) is 323 Å². The highest BCUT2D eigenvalue weighted by atomic mass is 16.5. The van der Waals surface area contributed by atoms with Crippen LogP contribution in [0, 0.1) is 134 Å². The molecule has 0 aromatic heterocycles. The van der Waals surface area contributed by atoms with Crippen LogP contribution in [0.25, 0.3) is 0 Å². The summed E-state index contributed by atoms with van der Waals surface area (Å²) in [5.41, 5.74) is 7.44. The molecule has 10 heterocycles. The van der Waals surface area contributed by atoms with Crippen molar-refractivity contribution in [1.29, 1.82) is 5.26 Å². The zero-order valence-electron chi connectivity index (χ0n) is 105. The van der Waals surface area contributed by atoms with Crippen LogP contribution in [0.3, 0.4) is 0 Å². The molecule has 10 aliphatic heterocycles. The molecule has 0 bridgehead atoms. The predicted octanol–water partition coefficient (Wildman–Crippen LogP) is 31.0. The third-order valence-electron chi connectivity index (χ3n) is 41.3. The SMILES string of the molecule is C.C.CC(C)(C)C1(C)CCN(C2CC2)CC1.CC(C)(C)C1(C)CCN(CC2CC2)CC1.CC(C)(C)C1(C)CCN(CCC#N)CC1.CC(C)(C)C1CCN(C2CC2)CC1.CC(C)(C)C1CCN(CC2CC2)CC1.CCCN1CCC(C(C)(C)C)CC1.CN(C)CCN1CCC(C(C)(C)C)CC1.COCCCN1CCC(C)(C(C)(C)C)CC1.COCCN1CCC(C(C)(C)C)CC1.COCCN1CCC(C)(C(C)(C)C)CC1. The Kier molecular flexibility index (Phi) is 60.1. The van der Waals surface area contributed by atoms with Gasteiger partial charge in [-0.2, -0.15) is 5.26 Å². The highest BCUT2D eigenvalue weighted by Gasteiger charge is 2.47. The summed E-state index contributed by atoms with van der Waals surface area (Å²) >= 11 is 0. The van der Waals surface area contributed by atoms with E-state index in [0.29, 0.717) is 87.6 Å². The van der Waals surface area contributed by atoms with Crippen LogP contribution in [-0.4, -0.2) is 311 Å². The topological polar surface area (TPSA) is 87.1 Å². The summed E-state index contributed by atoms with van der Waals surface area (Å²) in [6.07, 6.45) is 42.4. The van der Waals surface area contributed by atoms with Crippen molar-refractivity contribution in [1.82, 2.24) is 53.9 Å². The molecule has 14 fully saturated rings. The van der Waals surface area contributed by atoms with Crippen molar-refractivity contribution >= 4 is 0 Å². The van der Waals surface area contributed by atoms with Crippen LogP contribution >= 0.6 is 0 Å². The molecule has 10 saturated heterocycles. The van der Waals surface area contributed by atoms with Gasteiger partial charge in [-0.25, -0.2) is 0 Å². The van der Waals surface area contributed by atoms with Crippen molar-refractivity contribution in [3.05, 3.63) is 0 Å². The van der Waals surface area contributed by atoms with Gasteiger partial charge in [0.15, 0.2) is 0 Å². The maximum absolute atomic E-state index is 8.55. The van der Waals surface area contributed by atoms with Gasteiger partial charge in [-0.05, 0) is 467 Å². The highest BCUT2D eigenvalue weighted by Crippen LogP contribution is 2.53. The maximum Gasteiger partial charge on any atom is 0.0635 e. The molecule has 4 aliphatic carbocycles. The number of likely N-dealkylation sites (N-methyl/N-ethyl adjacent to an activating group) is 1. The number of piperidine rings is 10. The van der Waals surface area contributed by atoms with Gasteiger partial charge in [0.2, 0.25) is 0 Å². The van der Waals surface area contributed by atoms with Crippen molar-refractivity contribution in [3.8, 4) is 6.07 Å². The largest absolute Gasteiger partial charge is 0.385 e. The van der Waals surface area contributed by atoms with E-state index in [9.17, 15) is 0 Å². The van der Waals surface area contributed by atoms with Crippen molar-refractivity contribution in [3.63, 3.8) is 0 Å². The number of hydrogen-bond acceptors (Lipinski definition) is 15. The predicted molar refractivity (Wildman–Crippen MR) is 644 cm³/mol. The van der Waals surface area contributed by atoms with E-state index < -0.39 is 0 Å². The van der Waals surface area contributed by atoms with Crippen molar-refractivity contribution < 1.29 is 14.2 Å². The van der Waals surface area contributed by atoms with Gasteiger partial charge < -0.3 is 68.1 Å². The molecule has 0 unspecified atom stereocenters. The average Bonchev–Trinajstić information content (AvgIpc) is 1.73. The average molecular weight is 2060 g/mol. The molecule has 14 rings (SSSR count). The summed E-state index contributed by atoms with van der Waals surface area (Å²) in [5, 5.41) is 8.55. The third kappa shape index (κ3) is 51.3. The highest BCUT2D eigenvalue weighted by molar-refractivity contribution is 5.00. The van der Waals surface area contributed by atoms with E-state index in [1.54, 1.807) is 21.3 Å². The maximum atomic E-state index is 8.55. The quantitative estimate of drug-likeness (QED) is 0.0909. The Morgan fingerprint density at radius 3 is 0.726 bits per heavy atom. The zero-order chi connectivity index (χ0) is 108. The number of hydrogen-bond donors (Lipinski definition) is 0. The molecule has 15 heteroatoms. The molecule has 146 heavy (non-hydrogen) atoms. The van der Waals surface area contributed by atoms with E-state index in [-0.39, 0.29) is 14.9 Å². The van der Waals surface area contributed by atoms with Gasteiger partial charge in [-0.15, -0.1) is 0 Å². The summed E-state index contributed by atoms with van der Waals surface area (Å²) in [6, 6.07) is 4.18. The first-order valence-corrected chi connectivity index (χ1v) is 61.4. The Bertz CT molecular complexity index is 3330. The Morgan fingerprint density at radius 1 is 0.267 bits per heavy atom. The lowest BCUT2D eigenvalue weighted by molar-refractivity contribution is 0.0148. The monoisotopic (exact) mass is 2060 g/mol. The van der Waals surface area contributed by atoms with Gasteiger partial charge in [0.1, 0.15) is 0 Å². The lowest BCUT2D eigenvalue weighted by Crippen LogP contribution is -2.45. The molecular formula is C131H266N12O3. The van der Waals surface area contributed by atoms with E-state index in [0.717, 1.165) is 106 Å². The minimum atomic E-state index is 0. The fourth-order valence-corrected chi connectivity index (χ4v) is 24.3. The number of nitrogens with zero attached hydrogens (tertiary/aromatic N) is 12. The van der Waals surface area contributed by atoms with Crippen LogP contribution in [-0.2, 0) is 14.2 Å². The number of ether oxygens (including phenoxy) is 3. The minimum Gasteiger partial charge on any atom is -0.385 e. The first-order chi connectivity index (χ1) is 66.6. The Hall–Kier alpha value is -1.07. The molecule has 14 aliphatic rings. The second kappa shape index (κ2) is 63.1. The van der Waals surface area contributed by atoms with E-state index in [1.807, 2.05) is 0 Å². The summed E-state index contributed by atoms with van der Waals surface area (Å²) in [7, 11) is 9.65. The van der Waals surface area contributed by atoms with E-state index in [1.165, 1.54) is 350 Å². The standard InChI is InChI=1S/C14H29NO.C14H27N.C13H28N2.C13H24N2.C13H27NO.2C13H25N.C12H25NO.C12H23N.C12H25N.2CH4/c1-13(2,3)14(4)7-10-15(11-8-14)9-6-12-16-5;1-13(2,3)14(4)7-9-15(10-8-14)11-12-5-6-12;1-13(2,3)12-6-8-15(9-7-12)11-10-14(4)5;1-12(2,3)13(4)6-10-15(11-7-13)9-5-8-14;1-12(2,3)13(4)6-8-14(9-7-13)10-11-15-5;1-12(2,3)13(4)7-9-14(10-8-13)11-5-6-11;1-13(2,3)12-6-8-14(9-7-12)10-11-4-5-11;1-12(2,3)11-5-7-13(8-6-11)9-10-14-4;1-12(2,3)10-6-8-13(9-7-10)11-4-5-11;1-5-8-13-9-6-11(7-10-13)12(2,3)4;;/h6-12H2,1-5H3;12H,5-11H2,1-4H3;12H,6-11H2,1-5H3;5-7,9-11H2,1-4H3;6-11H2,1-5H3;11H,5-10H2,1-4H3;11-12H,4-10H2,1-3H3;11H,5-10H2,1-4H3;10-11H,4-9H2,1-3H3;11H,5-10H2,1-4H3;2*1H4. The van der Waals surface area contributed by atoms with Crippen LogP contribution in [0.5, 0.6) is 0 Å². The Morgan fingerprint density at radius 2 is 0.486 bits per heavy atom. The van der Waals surface area contributed by atoms with E-state index >= 15 is 0 Å². The summed E-state index contributed by atoms with van der Waals surface area (Å²) < 4.78 is 15.3. The van der Waals surface area contributed by atoms with Gasteiger partial charge >= 0.3 is 0 Å². The normalized spacial score (nSPS) is 24.0. The first-order valence-electron chi connectivity index (χ1n) is 61.4. The minimum absolute atomic E-state index is 0. The molecule has 0 N–H and O–H groups in total. The fourth-order valence-electron chi connectivity index (χ4n) is 24.3. The van der Waals surface area contributed by atoms with Gasteiger partial charge in [-0.3, -0.25) is 0 Å². The lowest BCUT2D eigenvalue weighted by atomic mass is 9.63. The summed E-state index contributed by atoms with van der Waals surface area (Å²) in [4.78, 5) is 28.4. The molecular weight excluding hydrogens is 1790 g/mol. The molecule has 868 valence electrons. The number of methoxy groups -OCH3 is 3. The molecule has 0 amide bonds. The molecule has 0 atom stereocenters. The first kappa shape index (κ1) is 139. The number of likely N-dealkylation sites (tertiary alicyclic amines) is 10. The zero-order valence-corrected chi connectivity index (χ0v) is 105. The van der Waals surface area contributed by atoms with Crippen molar-refractivity contribution in [2.45, 2.75) is 475 Å². The van der Waals surface area contributed by atoms with Crippen LogP contribution < -0.4 is 0 Å². The van der Waals surface area contributed by atoms with Crippen molar-refractivity contribution in [2.24, 2.45) is 123 Å². The number of rotatable bonds is 23. The molecule has 15 nitrogen and oxygen atoms in total. The van der Waals surface area contributed by atoms with Gasteiger partial charge in [0, 0.05) is 98.8 Å². The van der Waals surface area contributed by atoms with Gasteiger partial charge in [0.25, 0.3) is 0 Å². The summed E-state index contributed by atoms with van der Waals surface area (Å²) in [5.74, 6) is 6.82. The Balaban J connectivity index is 0.000000416. The summed E-state index contributed by atoms with van der Waals surface area (Å²) in [6.45, 7) is 125.